The molecule has 1 aromatic rings. The predicted molar refractivity (Wildman–Crippen MR) is 74.8 cm³/mol. The molecule has 2 rings (SSSR count). The van der Waals surface area contributed by atoms with Gasteiger partial charge in [0.05, 0.1) is 15.4 Å². The van der Waals surface area contributed by atoms with Crippen molar-refractivity contribution in [2.24, 2.45) is 0 Å². The lowest BCUT2D eigenvalue weighted by atomic mass is 10.2. The molecule has 2 N–H and O–H groups in total. The molecule has 0 aromatic heterocycles. The quantitative estimate of drug-likeness (QED) is 0.474. The van der Waals surface area contributed by atoms with Gasteiger partial charge in [-0.2, -0.15) is 0 Å². The second-order valence-electron chi connectivity index (χ2n) is 4.25. The predicted octanol–water partition coefficient (Wildman–Crippen LogP) is 2.80. The van der Waals surface area contributed by atoms with Crippen molar-refractivity contribution in [3.8, 4) is 0 Å². The molecule has 0 saturated heterocycles. The van der Waals surface area contributed by atoms with Crippen LogP contribution in [-0.2, 0) is 0 Å². The number of amides is 1. The second-order valence-corrected chi connectivity index (χ2v) is 6.92. The number of fused-ring (bicyclic) bond motifs is 1. The van der Waals surface area contributed by atoms with Crippen LogP contribution in [-0.4, -0.2) is 41.3 Å². The number of unbranched alkanes of at least 4 members (excludes halogenated alkanes) is 1. The minimum Gasteiger partial charge on any atom is -0.746 e. The number of hydrogen-bond donors (Lipinski definition) is 2. The highest BCUT2D eigenvalue weighted by molar-refractivity contribution is 9.09. The van der Waals surface area contributed by atoms with Crippen LogP contribution in [0.1, 0.15) is 23.2 Å². The van der Waals surface area contributed by atoms with Crippen LogP contribution in [0.15, 0.2) is 23.1 Å². The van der Waals surface area contributed by atoms with Gasteiger partial charge in [-0.25, -0.2) is 16.0 Å². The molecule has 0 spiro atoms. The number of carbonyl (C=O) groups excluding carboxylic acids is 1. The van der Waals surface area contributed by atoms with Crippen molar-refractivity contribution in [3.05, 3.63) is 28.7 Å². The SMILES string of the molecule is O=C1c2cc([N+](=O)O)ccc2S([O-])(O)N1CCCCBr. The van der Waals surface area contributed by atoms with Crippen LogP contribution >= 0.6 is 26.7 Å². The normalized spacial score (nSPS) is 24.4. The summed E-state index contributed by atoms with van der Waals surface area (Å²) in [6, 6.07) is 3.53. The Hall–Kier alpha value is -1.16. The Morgan fingerprint density at radius 2 is 2.10 bits per heavy atom. The second kappa shape index (κ2) is 5.68. The average molecular weight is 365 g/mol. The zero-order valence-corrected chi connectivity index (χ0v) is 12.8. The summed E-state index contributed by atoms with van der Waals surface area (Å²) in [6.45, 7) is 0.157. The van der Waals surface area contributed by atoms with Gasteiger partial charge in [0.2, 0.25) is 0 Å². The lowest BCUT2D eigenvalue weighted by molar-refractivity contribution is -0.729. The zero-order valence-electron chi connectivity index (χ0n) is 10.4. The first kappa shape index (κ1) is 15.2. The van der Waals surface area contributed by atoms with Gasteiger partial charge in [0.25, 0.3) is 10.8 Å². The molecule has 1 amide bonds. The number of benzene rings is 1. The lowest BCUT2D eigenvalue weighted by Crippen LogP contribution is -2.28. The van der Waals surface area contributed by atoms with Crippen molar-refractivity contribution < 1.29 is 24.0 Å². The Balaban J connectivity index is 2.34. The number of halogens is 1. The molecule has 7 nitrogen and oxygen atoms in total. The third kappa shape index (κ3) is 2.53. The van der Waals surface area contributed by atoms with Crippen LogP contribution < -0.4 is 0 Å². The summed E-state index contributed by atoms with van der Waals surface area (Å²) in [5.74, 6) is -0.606. The first-order chi connectivity index (χ1) is 9.39. The topological polar surface area (TPSA) is 104 Å². The van der Waals surface area contributed by atoms with Crippen LogP contribution in [0.4, 0.5) is 5.69 Å². The fourth-order valence-electron chi connectivity index (χ4n) is 1.98. The highest BCUT2D eigenvalue weighted by atomic mass is 79.9. The molecular weight excluding hydrogens is 352 g/mol. The van der Waals surface area contributed by atoms with Crippen molar-refractivity contribution in [3.63, 3.8) is 0 Å². The van der Waals surface area contributed by atoms with E-state index in [-0.39, 0.29) is 27.6 Å². The zero-order chi connectivity index (χ0) is 14.9. The van der Waals surface area contributed by atoms with Crippen molar-refractivity contribution in [1.82, 2.24) is 4.31 Å². The summed E-state index contributed by atoms with van der Waals surface area (Å²) in [5, 5.41) is 9.57. The molecule has 1 heterocycles. The van der Waals surface area contributed by atoms with Gasteiger partial charge < -0.3 is 9.11 Å². The maximum absolute atomic E-state index is 12.3. The third-order valence-electron chi connectivity index (χ3n) is 2.97. The largest absolute Gasteiger partial charge is 0.746 e. The van der Waals surface area contributed by atoms with Crippen LogP contribution in [0.3, 0.4) is 0 Å². The van der Waals surface area contributed by atoms with E-state index in [0.717, 1.165) is 22.1 Å². The molecule has 0 saturated carbocycles. The van der Waals surface area contributed by atoms with E-state index in [2.05, 4.69) is 15.9 Å². The van der Waals surface area contributed by atoms with Gasteiger partial charge in [0, 0.05) is 24.0 Å². The van der Waals surface area contributed by atoms with Gasteiger partial charge in [0.1, 0.15) is 0 Å². The number of carbonyl (C=O) groups is 1. The Bertz CT molecular complexity index is 566. The number of alkyl halides is 1. The molecule has 1 aliphatic heterocycles. The standard InChI is InChI=1S/C11H13BrN2O5S/c12-5-1-2-6-13-11(15)9-7-8(14(16)17)3-4-10(9)20(13,18)19/h3-4,7H,1-2,5-6H2,(H2-,16,17,18,19). The molecule has 110 valence electrons. The molecule has 1 aliphatic rings. The fraction of sp³-hybridized carbons (Fsp3) is 0.364. The summed E-state index contributed by atoms with van der Waals surface area (Å²) < 4.78 is 23.3. The lowest BCUT2D eigenvalue weighted by Gasteiger charge is -2.49. The smallest absolute Gasteiger partial charge is 0.317 e. The van der Waals surface area contributed by atoms with Gasteiger partial charge in [-0.05, 0) is 18.9 Å². The van der Waals surface area contributed by atoms with Crippen LogP contribution in [0.5, 0.6) is 0 Å². The summed E-state index contributed by atoms with van der Waals surface area (Å²) in [6.07, 6.45) is 1.36. The molecular formula is C11H13BrN2O5S. The maximum Gasteiger partial charge on any atom is 0.317 e. The number of rotatable bonds is 5. The van der Waals surface area contributed by atoms with E-state index >= 15 is 0 Å². The summed E-state index contributed by atoms with van der Waals surface area (Å²) in [5.41, 5.74) is -0.182. The van der Waals surface area contributed by atoms with Crippen molar-refractivity contribution in [2.45, 2.75) is 17.7 Å². The Labute approximate surface area is 125 Å². The Morgan fingerprint density at radius 3 is 2.70 bits per heavy atom. The van der Waals surface area contributed by atoms with E-state index in [9.17, 15) is 18.8 Å². The monoisotopic (exact) mass is 364 g/mol. The first-order valence-electron chi connectivity index (χ1n) is 5.84. The molecule has 0 radical (unpaired) electrons. The van der Waals surface area contributed by atoms with Gasteiger partial charge in [-0.1, -0.05) is 15.9 Å². The van der Waals surface area contributed by atoms with E-state index in [1.807, 2.05) is 0 Å². The third-order valence-corrected chi connectivity index (χ3v) is 5.41. The van der Waals surface area contributed by atoms with E-state index in [1.54, 1.807) is 0 Å². The van der Waals surface area contributed by atoms with E-state index in [0.29, 0.717) is 6.42 Å². The number of hydrogen-bond acceptors (Lipinski definition) is 4. The van der Waals surface area contributed by atoms with Gasteiger partial charge in [-0.15, -0.1) is 0 Å². The summed E-state index contributed by atoms with van der Waals surface area (Å²) in [4.78, 5) is 22.6. The average Bonchev–Trinajstić information content (AvgIpc) is 2.59. The first-order valence-corrected chi connectivity index (χ1v) is 8.43. The molecule has 20 heavy (non-hydrogen) atoms. The molecule has 9 heteroatoms. The van der Waals surface area contributed by atoms with Crippen LogP contribution in [0, 0.1) is 4.91 Å². The van der Waals surface area contributed by atoms with Crippen LogP contribution in [0.25, 0.3) is 0 Å². The molecule has 0 aliphatic carbocycles. The summed E-state index contributed by atoms with van der Waals surface area (Å²) in [7, 11) is -3.60. The number of nitrogens with zero attached hydrogens (tertiary/aromatic N) is 2. The summed E-state index contributed by atoms with van der Waals surface area (Å²) >= 11 is 3.25. The van der Waals surface area contributed by atoms with Gasteiger partial charge in [-0.3, -0.25) is 9.10 Å². The van der Waals surface area contributed by atoms with E-state index < -0.39 is 16.7 Å². The molecule has 0 bridgehead atoms. The van der Waals surface area contributed by atoms with Gasteiger partial charge >= 0.3 is 5.69 Å². The minimum absolute atomic E-state index is 0.0213. The van der Waals surface area contributed by atoms with Crippen molar-refractivity contribution in [2.75, 3.05) is 11.9 Å². The van der Waals surface area contributed by atoms with E-state index in [1.165, 1.54) is 12.1 Å². The molecule has 1 unspecified atom stereocenters. The Kier molecular flexibility index (Phi) is 4.33. The van der Waals surface area contributed by atoms with E-state index in [4.69, 9.17) is 5.21 Å². The molecule has 1 atom stereocenters. The van der Waals surface area contributed by atoms with Crippen molar-refractivity contribution >= 4 is 38.3 Å². The Morgan fingerprint density at radius 1 is 1.40 bits per heavy atom. The molecule has 1 aromatic carbocycles. The van der Waals surface area contributed by atoms with Crippen LogP contribution in [0.2, 0.25) is 0 Å². The molecule has 0 fully saturated rings. The highest BCUT2D eigenvalue weighted by Crippen LogP contribution is 2.58. The van der Waals surface area contributed by atoms with Crippen molar-refractivity contribution in [1.29, 1.82) is 0 Å². The highest BCUT2D eigenvalue weighted by Gasteiger charge is 2.37. The maximum atomic E-state index is 12.3. The minimum atomic E-state index is -3.60. The van der Waals surface area contributed by atoms with Gasteiger partial charge in [0.15, 0.2) is 0 Å². The fourth-order valence-corrected chi connectivity index (χ4v) is 3.99.